The summed E-state index contributed by atoms with van der Waals surface area (Å²) in [7, 11) is 0. The first-order valence-corrected chi connectivity index (χ1v) is 8.39. The van der Waals surface area contributed by atoms with Crippen LogP contribution in [0.1, 0.15) is 16.7 Å². The molecule has 1 aromatic heterocycles. The molecule has 3 rings (SSSR count). The van der Waals surface area contributed by atoms with Crippen molar-refractivity contribution in [3.63, 3.8) is 0 Å². The van der Waals surface area contributed by atoms with Crippen molar-refractivity contribution in [2.75, 3.05) is 6.61 Å². The predicted octanol–water partition coefficient (Wildman–Crippen LogP) is 4.19. The Bertz CT molecular complexity index is 1020. The largest absolute Gasteiger partial charge is 0.482 e. The highest BCUT2D eigenvalue weighted by molar-refractivity contribution is 6.32. The van der Waals surface area contributed by atoms with Gasteiger partial charge < -0.3 is 13.9 Å². The van der Waals surface area contributed by atoms with Crippen molar-refractivity contribution in [3.05, 3.63) is 74.6 Å². The first-order chi connectivity index (χ1) is 12.4. The smallest absolute Gasteiger partial charge is 0.344 e. The van der Waals surface area contributed by atoms with Crippen molar-refractivity contribution in [3.8, 4) is 5.75 Å². The molecular formula is C20H17ClO5. The van der Waals surface area contributed by atoms with E-state index in [-0.39, 0.29) is 13.2 Å². The van der Waals surface area contributed by atoms with Crippen molar-refractivity contribution in [2.45, 2.75) is 20.5 Å². The second-order valence-corrected chi connectivity index (χ2v) is 6.31. The van der Waals surface area contributed by atoms with Gasteiger partial charge in [0.05, 0.1) is 0 Å². The molecule has 0 amide bonds. The SMILES string of the molecule is Cc1cc2oc(=O)cc(COC(=O)COc3ccccc3C)c2cc1Cl. The summed E-state index contributed by atoms with van der Waals surface area (Å²) in [6, 6.07) is 12.1. The van der Waals surface area contributed by atoms with E-state index >= 15 is 0 Å². The maximum absolute atomic E-state index is 12.0. The summed E-state index contributed by atoms with van der Waals surface area (Å²) < 4.78 is 15.9. The van der Waals surface area contributed by atoms with Crippen LogP contribution in [0.25, 0.3) is 11.0 Å². The number of aryl methyl sites for hydroxylation is 2. The summed E-state index contributed by atoms with van der Waals surface area (Å²) in [5, 5.41) is 1.18. The average molecular weight is 373 g/mol. The summed E-state index contributed by atoms with van der Waals surface area (Å²) in [4.78, 5) is 23.7. The molecule has 0 saturated carbocycles. The van der Waals surface area contributed by atoms with Gasteiger partial charge in [0, 0.05) is 22.0 Å². The Labute approximate surface area is 155 Å². The van der Waals surface area contributed by atoms with Crippen LogP contribution in [-0.2, 0) is 16.1 Å². The number of carbonyl (C=O) groups excluding carboxylic acids is 1. The number of halogens is 1. The molecule has 6 heteroatoms. The van der Waals surface area contributed by atoms with E-state index in [0.29, 0.717) is 27.3 Å². The van der Waals surface area contributed by atoms with Gasteiger partial charge in [0.2, 0.25) is 0 Å². The second kappa shape index (κ2) is 7.62. The zero-order valence-electron chi connectivity index (χ0n) is 14.4. The van der Waals surface area contributed by atoms with E-state index in [1.165, 1.54) is 6.07 Å². The lowest BCUT2D eigenvalue weighted by molar-refractivity contribution is -0.147. The Morgan fingerprint density at radius 2 is 1.88 bits per heavy atom. The molecule has 5 nitrogen and oxygen atoms in total. The van der Waals surface area contributed by atoms with Crippen LogP contribution in [0.15, 0.2) is 51.7 Å². The Balaban J connectivity index is 1.71. The fourth-order valence-electron chi connectivity index (χ4n) is 2.52. The molecule has 0 radical (unpaired) electrons. The lowest BCUT2D eigenvalue weighted by atomic mass is 10.1. The molecule has 0 aliphatic rings. The molecule has 0 fully saturated rings. The van der Waals surface area contributed by atoms with Crippen molar-refractivity contribution < 1.29 is 18.7 Å². The molecule has 0 aliphatic heterocycles. The number of fused-ring (bicyclic) bond motifs is 1. The van der Waals surface area contributed by atoms with E-state index in [4.69, 9.17) is 25.5 Å². The Hall–Kier alpha value is -2.79. The first-order valence-electron chi connectivity index (χ1n) is 8.01. The summed E-state index contributed by atoms with van der Waals surface area (Å²) >= 11 is 6.15. The van der Waals surface area contributed by atoms with E-state index in [2.05, 4.69) is 0 Å². The molecule has 2 aromatic carbocycles. The highest BCUT2D eigenvalue weighted by Gasteiger charge is 2.12. The molecule has 0 N–H and O–H groups in total. The van der Waals surface area contributed by atoms with Gasteiger partial charge in [-0.15, -0.1) is 0 Å². The van der Waals surface area contributed by atoms with E-state index < -0.39 is 11.6 Å². The van der Waals surface area contributed by atoms with Crippen molar-refractivity contribution >= 4 is 28.5 Å². The number of hydrogen-bond acceptors (Lipinski definition) is 5. The van der Waals surface area contributed by atoms with Gasteiger partial charge in [-0.05, 0) is 43.2 Å². The molecular weight excluding hydrogens is 356 g/mol. The van der Waals surface area contributed by atoms with Crippen molar-refractivity contribution in [2.24, 2.45) is 0 Å². The normalized spacial score (nSPS) is 10.7. The predicted molar refractivity (Wildman–Crippen MR) is 98.7 cm³/mol. The summed E-state index contributed by atoms with van der Waals surface area (Å²) in [5.74, 6) is 0.0883. The number of carbonyl (C=O) groups is 1. The first kappa shape index (κ1) is 18.0. The quantitative estimate of drug-likeness (QED) is 0.496. The molecule has 26 heavy (non-hydrogen) atoms. The third-order valence-corrected chi connectivity index (χ3v) is 4.34. The van der Waals surface area contributed by atoms with Gasteiger partial charge in [-0.3, -0.25) is 0 Å². The number of ether oxygens (including phenoxy) is 2. The van der Waals surface area contributed by atoms with Crippen molar-refractivity contribution in [1.82, 2.24) is 0 Å². The highest BCUT2D eigenvalue weighted by atomic mass is 35.5. The molecule has 0 spiro atoms. The second-order valence-electron chi connectivity index (χ2n) is 5.90. The zero-order chi connectivity index (χ0) is 18.7. The van der Waals surface area contributed by atoms with Crippen LogP contribution in [0.2, 0.25) is 5.02 Å². The number of para-hydroxylation sites is 1. The minimum absolute atomic E-state index is 0.0720. The molecule has 0 atom stereocenters. The van der Waals surface area contributed by atoms with E-state index in [0.717, 1.165) is 11.1 Å². The molecule has 0 saturated heterocycles. The third-order valence-electron chi connectivity index (χ3n) is 3.94. The van der Waals surface area contributed by atoms with Crippen molar-refractivity contribution in [1.29, 1.82) is 0 Å². The molecule has 1 heterocycles. The number of benzene rings is 2. The zero-order valence-corrected chi connectivity index (χ0v) is 15.1. The summed E-state index contributed by atoms with van der Waals surface area (Å²) in [5.41, 5.74) is 2.14. The van der Waals surface area contributed by atoms with Gasteiger partial charge in [-0.2, -0.15) is 0 Å². The van der Waals surface area contributed by atoms with E-state index in [1.54, 1.807) is 18.2 Å². The average Bonchev–Trinajstić information content (AvgIpc) is 2.60. The Morgan fingerprint density at radius 1 is 1.12 bits per heavy atom. The van der Waals surface area contributed by atoms with Crippen LogP contribution >= 0.6 is 11.6 Å². The maximum atomic E-state index is 12.0. The van der Waals surface area contributed by atoms with Gasteiger partial charge in [0.25, 0.3) is 0 Å². The number of hydrogen-bond donors (Lipinski definition) is 0. The third kappa shape index (κ3) is 4.06. The van der Waals surface area contributed by atoms with Gasteiger partial charge >= 0.3 is 11.6 Å². The summed E-state index contributed by atoms with van der Waals surface area (Å²) in [6.45, 7) is 3.42. The van der Waals surface area contributed by atoms with E-state index in [1.807, 2.05) is 32.0 Å². The topological polar surface area (TPSA) is 65.7 Å². The van der Waals surface area contributed by atoms with Crippen LogP contribution in [-0.4, -0.2) is 12.6 Å². The standard InChI is InChI=1S/C20H17ClO5/c1-12-5-3-4-6-17(12)24-11-20(23)25-10-14-8-19(22)26-18-7-13(2)16(21)9-15(14)18/h3-9H,10-11H2,1-2H3. The molecule has 3 aromatic rings. The van der Waals surface area contributed by atoms with Crippen LogP contribution in [0.3, 0.4) is 0 Å². The van der Waals surface area contributed by atoms with E-state index in [9.17, 15) is 9.59 Å². The van der Waals surface area contributed by atoms with Gasteiger partial charge in [0.1, 0.15) is 17.9 Å². The Morgan fingerprint density at radius 3 is 2.65 bits per heavy atom. The molecule has 0 unspecified atom stereocenters. The van der Waals surface area contributed by atoms with Gasteiger partial charge in [0.15, 0.2) is 6.61 Å². The van der Waals surface area contributed by atoms with Gasteiger partial charge in [-0.1, -0.05) is 29.8 Å². The lowest BCUT2D eigenvalue weighted by Gasteiger charge is -2.10. The number of rotatable bonds is 5. The molecule has 0 aliphatic carbocycles. The fraction of sp³-hybridized carbons (Fsp3) is 0.200. The fourth-order valence-corrected chi connectivity index (χ4v) is 2.69. The minimum Gasteiger partial charge on any atom is -0.482 e. The number of esters is 1. The minimum atomic E-state index is -0.534. The van der Waals surface area contributed by atoms with Crippen LogP contribution < -0.4 is 10.4 Å². The Kier molecular flexibility index (Phi) is 5.28. The van der Waals surface area contributed by atoms with Crippen LogP contribution in [0.5, 0.6) is 5.75 Å². The lowest BCUT2D eigenvalue weighted by Crippen LogP contribution is -2.15. The maximum Gasteiger partial charge on any atom is 0.344 e. The van der Waals surface area contributed by atoms with Crippen LogP contribution in [0, 0.1) is 13.8 Å². The highest BCUT2D eigenvalue weighted by Crippen LogP contribution is 2.25. The molecule has 0 bridgehead atoms. The van der Waals surface area contributed by atoms with Crippen LogP contribution in [0.4, 0.5) is 0 Å². The summed E-state index contributed by atoms with van der Waals surface area (Å²) in [6.07, 6.45) is 0. The monoisotopic (exact) mass is 372 g/mol. The van der Waals surface area contributed by atoms with Gasteiger partial charge in [-0.25, -0.2) is 9.59 Å². The molecule has 134 valence electrons.